The van der Waals surface area contributed by atoms with Crippen LogP contribution in [0.5, 0.6) is 0 Å². The van der Waals surface area contributed by atoms with Gasteiger partial charge in [0.25, 0.3) is 0 Å². The molecule has 1 aliphatic heterocycles. The first kappa shape index (κ1) is 17.5. The SMILES string of the molecule is Cc1cccc(N(CCC#N)C(=O)CN2CCC(C)CC2)c1C. The Balaban J connectivity index is 2.12. The van der Waals surface area contributed by atoms with Crippen molar-refractivity contribution >= 4 is 11.6 Å². The van der Waals surface area contributed by atoms with Crippen LogP contribution in [0.1, 0.15) is 37.3 Å². The zero-order chi connectivity index (χ0) is 16.8. The van der Waals surface area contributed by atoms with Gasteiger partial charge in [0.1, 0.15) is 0 Å². The zero-order valence-electron chi connectivity index (χ0n) is 14.5. The number of amides is 1. The summed E-state index contributed by atoms with van der Waals surface area (Å²) in [6.07, 6.45) is 2.68. The van der Waals surface area contributed by atoms with E-state index in [0.29, 0.717) is 19.5 Å². The van der Waals surface area contributed by atoms with Crippen LogP contribution in [-0.2, 0) is 4.79 Å². The van der Waals surface area contributed by atoms with Gasteiger partial charge in [0.15, 0.2) is 0 Å². The summed E-state index contributed by atoms with van der Waals surface area (Å²) in [6.45, 7) is 9.26. The van der Waals surface area contributed by atoms with Crippen molar-refractivity contribution in [1.29, 1.82) is 5.26 Å². The number of aryl methyl sites for hydroxylation is 1. The predicted octanol–water partition coefficient (Wildman–Crippen LogP) is 3.28. The first-order chi connectivity index (χ1) is 11.0. The summed E-state index contributed by atoms with van der Waals surface area (Å²) in [7, 11) is 0. The lowest BCUT2D eigenvalue weighted by atomic mass is 9.99. The Bertz CT molecular complexity index is 583. The molecule has 23 heavy (non-hydrogen) atoms. The van der Waals surface area contributed by atoms with Gasteiger partial charge >= 0.3 is 0 Å². The van der Waals surface area contributed by atoms with Crippen molar-refractivity contribution in [2.75, 3.05) is 31.1 Å². The predicted molar refractivity (Wildman–Crippen MR) is 93.3 cm³/mol. The second-order valence-corrected chi connectivity index (χ2v) is 6.63. The summed E-state index contributed by atoms with van der Waals surface area (Å²) >= 11 is 0. The molecule has 2 rings (SSSR count). The molecule has 0 aromatic heterocycles. The quantitative estimate of drug-likeness (QED) is 0.838. The Morgan fingerprint density at radius 3 is 2.70 bits per heavy atom. The second kappa shape index (κ2) is 8.12. The number of likely N-dealkylation sites (tertiary alicyclic amines) is 1. The van der Waals surface area contributed by atoms with Crippen molar-refractivity contribution in [2.45, 2.75) is 40.0 Å². The fourth-order valence-corrected chi connectivity index (χ4v) is 3.07. The molecule has 1 aliphatic rings. The third-order valence-electron chi connectivity index (χ3n) is 4.85. The lowest BCUT2D eigenvalue weighted by Gasteiger charge is -2.32. The largest absolute Gasteiger partial charge is 0.310 e. The monoisotopic (exact) mass is 313 g/mol. The molecule has 4 heteroatoms. The maximum Gasteiger partial charge on any atom is 0.241 e. The third kappa shape index (κ3) is 4.56. The average molecular weight is 313 g/mol. The minimum Gasteiger partial charge on any atom is -0.310 e. The van der Waals surface area contributed by atoms with E-state index in [1.807, 2.05) is 19.1 Å². The number of rotatable bonds is 5. The number of nitriles is 1. The highest BCUT2D eigenvalue weighted by atomic mass is 16.2. The van der Waals surface area contributed by atoms with Gasteiger partial charge in [0, 0.05) is 12.2 Å². The van der Waals surface area contributed by atoms with E-state index < -0.39 is 0 Å². The minimum absolute atomic E-state index is 0.100. The Hall–Kier alpha value is -1.86. The lowest BCUT2D eigenvalue weighted by Crippen LogP contribution is -2.44. The van der Waals surface area contributed by atoms with Crippen molar-refractivity contribution in [3.05, 3.63) is 29.3 Å². The highest BCUT2D eigenvalue weighted by Crippen LogP contribution is 2.24. The van der Waals surface area contributed by atoms with Gasteiger partial charge in [-0.05, 0) is 62.9 Å². The van der Waals surface area contributed by atoms with Crippen molar-refractivity contribution in [3.63, 3.8) is 0 Å². The van der Waals surface area contributed by atoms with E-state index in [4.69, 9.17) is 5.26 Å². The molecule has 0 N–H and O–H groups in total. The molecule has 124 valence electrons. The van der Waals surface area contributed by atoms with E-state index in [9.17, 15) is 4.79 Å². The van der Waals surface area contributed by atoms with Gasteiger partial charge in [-0.3, -0.25) is 9.69 Å². The molecule has 1 aromatic rings. The van der Waals surface area contributed by atoms with Crippen LogP contribution in [0.3, 0.4) is 0 Å². The van der Waals surface area contributed by atoms with E-state index in [-0.39, 0.29) is 5.91 Å². The Morgan fingerprint density at radius 2 is 2.04 bits per heavy atom. The molecule has 0 atom stereocenters. The number of carbonyl (C=O) groups excluding carboxylic acids is 1. The van der Waals surface area contributed by atoms with Gasteiger partial charge in [-0.15, -0.1) is 0 Å². The Kier molecular flexibility index (Phi) is 6.18. The summed E-state index contributed by atoms with van der Waals surface area (Å²) in [5.41, 5.74) is 3.23. The normalized spacial score (nSPS) is 16.1. The van der Waals surface area contributed by atoms with E-state index in [1.54, 1.807) is 4.90 Å². The Morgan fingerprint density at radius 1 is 1.35 bits per heavy atom. The molecule has 1 heterocycles. The van der Waals surface area contributed by atoms with Crippen LogP contribution >= 0.6 is 0 Å². The van der Waals surface area contributed by atoms with Crippen LogP contribution in [0.25, 0.3) is 0 Å². The number of benzene rings is 1. The molecule has 0 saturated carbocycles. The average Bonchev–Trinajstić information content (AvgIpc) is 2.54. The van der Waals surface area contributed by atoms with Gasteiger partial charge in [-0.2, -0.15) is 5.26 Å². The summed E-state index contributed by atoms with van der Waals surface area (Å²) in [5.74, 6) is 0.860. The summed E-state index contributed by atoms with van der Waals surface area (Å²) in [5, 5.41) is 8.92. The van der Waals surface area contributed by atoms with Crippen LogP contribution in [-0.4, -0.2) is 37.0 Å². The van der Waals surface area contributed by atoms with E-state index in [2.05, 4.69) is 30.9 Å². The maximum absolute atomic E-state index is 12.8. The lowest BCUT2D eigenvalue weighted by molar-refractivity contribution is -0.120. The van der Waals surface area contributed by atoms with E-state index in [0.717, 1.165) is 43.1 Å². The molecule has 0 radical (unpaired) electrons. The smallest absolute Gasteiger partial charge is 0.241 e. The fraction of sp³-hybridized carbons (Fsp3) is 0.579. The highest BCUT2D eigenvalue weighted by Gasteiger charge is 2.23. The number of nitrogens with zero attached hydrogens (tertiary/aromatic N) is 3. The molecule has 1 saturated heterocycles. The molecule has 4 nitrogen and oxygen atoms in total. The molecule has 1 fully saturated rings. The van der Waals surface area contributed by atoms with Gasteiger partial charge in [0.05, 0.1) is 19.0 Å². The number of anilines is 1. The fourth-order valence-electron chi connectivity index (χ4n) is 3.07. The van der Waals surface area contributed by atoms with E-state index in [1.165, 1.54) is 5.56 Å². The number of hydrogen-bond donors (Lipinski definition) is 0. The molecular formula is C19H27N3O. The van der Waals surface area contributed by atoms with Crippen LogP contribution in [0.4, 0.5) is 5.69 Å². The topological polar surface area (TPSA) is 47.3 Å². The van der Waals surface area contributed by atoms with Crippen LogP contribution < -0.4 is 4.90 Å². The number of piperidine rings is 1. The molecule has 0 spiro atoms. The molecule has 0 unspecified atom stereocenters. The van der Waals surface area contributed by atoms with Crippen molar-refractivity contribution in [3.8, 4) is 6.07 Å². The van der Waals surface area contributed by atoms with Crippen molar-refractivity contribution in [2.24, 2.45) is 5.92 Å². The number of carbonyl (C=O) groups is 1. The van der Waals surface area contributed by atoms with Gasteiger partial charge in [-0.25, -0.2) is 0 Å². The van der Waals surface area contributed by atoms with Gasteiger partial charge < -0.3 is 4.90 Å². The molecule has 0 bridgehead atoms. The molecule has 1 amide bonds. The number of hydrogen-bond acceptors (Lipinski definition) is 3. The van der Waals surface area contributed by atoms with Gasteiger partial charge in [-0.1, -0.05) is 19.1 Å². The standard InChI is InChI=1S/C19H27N3O/c1-15-8-12-21(13-9-15)14-19(23)22(11-5-10-20)18-7-4-6-16(2)17(18)3/h4,6-7,15H,5,8-9,11-14H2,1-3H3. The minimum atomic E-state index is 0.100. The zero-order valence-corrected chi connectivity index (χ0v) is 14.5. The molecular weight excluding hydrogens is 286 g/mol. The molecule has 0 aliphatic carbocycles. The molecule has 1 aromatic carbocycles. The van der Waals surface area contributed by atoms with Crippen molar-refractivity contribution in [1.82, 2.24) is 4.90 Å². The van der Waals surface area contributed by atoms with Crippen LogP contribution in [0.2, 0.25) is 0 Å². The summed E-state index contributed by atoms with van der Waals surface area (Å²) in [6, 6.07) is 8.17. The van der Waals surface area contributed by atoms with Gasteiger partial charge in [0.2, 0.25) is 5.91 Å². The Labute approximate surface area is 139 Å². The first-order valence-corrected chi connectivity index (χ1v) is 8.48. The maximum atomic E-state index is 12.8. The van der Waals surface area contributed by atoms with E-state index >= 15 is 0 Å². The highest BCUT2D eigenvalue weighted by molar-refractivity contribution is 5.95. The van der Waals surface area contributed by atoms with Crippen molar-refractivity contribution < 1.29 is 4.79 Å². The first-order valence-electron chi connectivity index (χ1n) is 8.48. The van der Waals surface area contributed by atoms with Crippen LogP contribution in [0, 0.1) is 31.1 Å². The van der Waals surface area contributed by atoms with Crippen LogP contribution in [0.15, 0.2) is 18.2 Å². The second-order valence-electron chi connectivity index (χ2n) is 6.63. The summed E-state index contributed by atoms with van der Waals surface area (Å²) < 4.78 is 0. The third-order valence-corrected chi connectivity index (χ3v) is 4.85. The summed E-state index contributed by atoms with van der Waals surface area (Å²) in [4.78, 5) is 16.9.